The van der Waals surface area contributed by atoms with Gasteiger partial charge in [-0.3, -0.25) is 4.79 Å². The van der Waals surface area contributed by atoms with Crippen LogP contribution >= 0.6 is 15.9 Å². The predicted molar refractivity (Wildman–Crippen MR) is 110 cm³/mol. The molecule has 1 aliphatic rings. The maximum absolute atomic E-state index is 13.3. The summed E-state index contributed by atoms with van der Waals surface area (Å²) in [4.78, 5) is 15.2. The minimum atomic E-state index is -0.347. The number of amides is 1. The summed E-state index contributed by atoms with van der Waals surface area (Å²) in [6.07, 6.45) is 2.58. The van der Waals surface area contributed by atoms with E-state index < -0.39 is 0 Å². The summed E-state index contributed by atoms with van der Waals surface area (Å²) in [6, 6.07) is 9.67. The van der Waals surface area contributed by atoms with Gasteiger partial charge in [-0.25, -0.2) is 4.52 Å². The van der Waals surface area contributed by atoms with E-state index in [0.29, 0.717) is 23.7 Å². The number of ether oxygens (including phenoxy) is 2. The van der Waals surface area contributed by atoms with Crippen molar-refractivity contribution in [2.45, 2.75) is 32.4 Å². The number of fused-ring (bicyclic) bond motifs is 2. The molecule has 2 aromatic heterocycles. The van der Waals surface area contributed by atoms with Gasteiger partial charge in [0.25, 0.3) is 5.91 Å². The number of nitrogens with zero attached hydrogens (tertiary/aromatic N) is 3. The van der Waals surface area contributed by atoms with Crippen molar-refractivity contribution in [2.24, 2.45) is 0 Å². The fourth-order valence-corrected chi connectivity index (χ4v) is 4.10. The van der Waals surface area contributed by atoms with Crippen molar-refractivity contribution >= 4 is 27.4 Å². The Morgan fingerprint density at radius 3 is 2.46 bits per heavy atom. The number of hydrogen-bond donors (Lipinski definition) is 0. The third-order valence-corrected chi connectivity index (χ3v) is 5.74. The van der Waals surface area contributed by atoms with Gasteiger partial charge in [0, 0.05) is 22.8 Å². The molecule has 0 saturated heterocycles. The molecule has 0 unspecified atom stereocenters. The van der Waals surface area contributed by atoms with Gasteiger partial charge in [-0.1, -0.05) is 0 Å². The number of aromatic nitrogens is 2. The van der Waals surface area contributed by atoms with Crippen LogP contribution in [0.4, 0.5) is 0 Å². The molecule has 1 amide bonds. The van der Waals surface area contributed by atoms with Gasteiger partial charge in [-0.05, 0) is 77.7 Å². The normalized spacial score (nSPS) is 15.4. The summed E-state index contributed by atoms with van der Waals surface area (Å²) < 4.78 is 13.5. The zero-order chi connectivity index (χ0) is 20.1. The van der Waals surface area contributed by atoms with Crippen LogP contribution in [0.1, 0.15) is 35.5 Å². The molecule has 0 atom stereocenters. The lowest BCUT2D eigenvalue weighted by molar-refractivity contribution is 0.0481. The first-order chi connectivity index (χ1) is 13.3. The molecule has 4 rings (SSSR count). The summed E-state index contributed by atoms with van der Waals surface area (Å²) >= 11 is 3.44. The molecule has 6 nitrogen and oxygen atoms in total. The van der Waals surface area contributed by atoms with E-state index in [1.807, 2.05) is 41.4 Å². The minimum absolute atomic E-state index is 0.0785. The zero-order valence-corrected chi connectivity index (χ0v) is 17.9. The highest BCUT2D eigenvalue weighted by atomic mass is 79.9. The Hall–Kier alpha value is -2.54. The number of carbonyl (C=O) groups is 1. The molecule has 3 aromatic rings. The van der Waals surface area contributed by atoms with Gasteiger partial charge in [0.1, 0.15) is 0 Å². The number of halogens is 1. The third kappa shape index (κ3) is 3.13. The van der Waals surface area contributed by atoms with E-state index in [2.05, 4.69) is 34.9 Å². The monoisotopic (exact) mass is 443 g/mol. The summed E-state index contributed by atoms with van der Waals surface area (Å²) in [6.45, 7) is 4.66. The highest BCUT2D eigenvalue weighted by molar-refractivity contribution is 9.10. The second-order valence-corrected chi connectivity index (χ2v) is 8.52. The van der Waals surface area contributed by atoms with Crippen molar-refractivity contribution in [1.82, 2.24) is 14.5 Å². The average Bonchev–Trinajstić information content (AvgIpc) is 3.08. The summed E-state index contributed by atoms with van der Waals surface area (Å²) in [5.41, 5.74) is 3.21. The van der Waals surface area contributed by atoms with Gasteiger partial charge in [0.2, 0.25) is 0 Å². The minimum Gasteiger partial charge on any atom is -0.493 e. The molecule has 0 saturated carbocycles. The highest BCUT2D eigenvalue weighted by Gasteiger charge is 2.38. The van der Waals surface area contributed by atoms with Crippen LogP contribution in [-0.2, 0) is 13.0 Å². The van der Waals surface area contributed by atoms with Crippen LogP contribution in [-0.4, -0.2) is 40.2 Å². The van der Waals surface area contributed by atoms with Crippen LogP contribution in [0.3, 0.4) is 0 Å². The van der Waals surface area contributed by atoms with Crippen molar-refractivity contribution < 1.29 is 14.3 Å². The standard InChI is InChI=1S/C21H22BrN3O3/c1-21(2)10-13-7-18(27-3)19(28-4)8-14(13)11-24(21)20(26)17-9-16-6-5-15(22)12-25(16)23-17/h5-9,12H,10-11H2,1-4H3. The molecule has 3 heterocycles. The lowest BCUT2D eigenvalue weighted by Crippen LogP contribution is -2.51. The molecular weight excluding hydrogens is 422 g/mol. The number of benzene rings is 1. The lowest BCUT2D eigenvalue weighted by Gasteiger charge is -2.43. The van der Waals surface area contributed by atoms with Gasteiger partial charge < -0.3 is 14.4 Å². The zero-order valence-electron chi connectivity index (χ0n) is 16.3. The summed E-state index contributed by atoms with van der Waals surface area (Å²) in [5.74, 6) is 1.30. The molecular formula is C21H22BrN3O3. The smallest absolute Gasteiger partial charge is 0.275 e. The Kier molecular flexibility index (Phi) is 4.57. The predicted octanol–water partition coefficient (Wildman–Crippen LogP) is 4.09. The van der Waals surface area contributed by atoms with E-state index in [0.717, 1.165) is 22.0 Å². The largest absolute Gasteiger partial charge is 0.493 e. The molecule has 28 heavy (non-hydrogen) atoms. The van der Waals surface area contributed by atoms with E-state index >= 15 is 0 Å². The van der Waals surface area contributed by atoms with Crippen LogP contribution in [0.15, 0.2) is 41.0 Å². The number of hydrogen-bond acceptors (Lipinski definition) is 4. The quantitative estimate of drug-likeness (QED) is 0.611. The highest BCUT2D eigenvalue weighted by Crippen LogP contribution is 2.38. The first-order valence-electron chi connectivity index (χ1n) is 9.03. The summed E-state index contributed by atoms with van der Waals surface area (Å²) in [7, 11) is 3.25. The lowest BCUT2D eigenvalue weighted by atomic mass is 9.85. The van der Waals surface area contributed by atoms with Gasteiger partial charge in [-0.15, -0.1) is 0 Å². The van der Waals surface area contributed by atoms with Crippen molar-refractivity contribution in [1.29, 1.82) is 0 Å². The van der Waals surface area contributed by atoms with Gasteiger partial charge in [-0.2, -0.15) is 5.10 Å². The Labute approximate surface area is 172 Å². The topological polar surface area (TPSA) is 56.1 Å². The van der Waals surface area contributed by atoms with Crippen LogP contribution in [0, 0.1) is 0 Å². The van der Waals surface area contributed by atoms with Crippen molar-refractivity contribution in [3.8, 4) is 11.5 Å². The molecule has 0 spiro atoms. The molecule has 1 aromatic carbocycles. The molecule has 7 heteroatoms. The fourth-order valence-electron chi connectivity index (χ4n) is 3.77. The SMILES string of the molecule is COc1cc2c(cc1OC)CC(C)(C)N(C(=O)c1cc3ccc(Br)cn3n1)C2. The molecule has 0 bridgehead atoms. The molecule has 0 aliphatic carbocycles. The van der Waals surface area contributed by atoms with Crippen molar-refractivity contribution in [3.05, 3.63) is 57.8 Å². The number of methoxy groups -OCH3 is 2. The third-order valence-electron chi connectivity index (χ3n) is 5.28. The van der Waals surface area contributed by atoms with Crippen LogP contribution in [0.25, 0.3) is 5.52 Å². The molecule has 0 radical (unpaired) electrons. The average molecular weight is 444 g/mol. The number of pyridine rings is 1. The van der Waals surface area contributed by atoms with Crippen molar-refractivity contribution in [3.63, 3.8) is 0 Å². The summed E-state index contributed by atoms with van der Waals surface area (Å²) in [5, 5.41) is 4.48. The van der Waals surface area contributed by atoms with Crippen LogP contribution in [0.5, 0.6) is 11.5 Å². The maximum atomic E-state index is 13.3. The number of carbonyl (C=O) groups excluding carboxylic acids is 1. The Morgan fingerprint density at radius 1 is 1.11 bits per heavy atom. The van der Waals surface area contributed by atoms with Crippen LogP contribution in [0.2, 0.25) is 0 Å². The van der Waals surface area contributed by atoms with Crippen molar-refractivity contribution in [2.75, 3.05) is 14.2 Å². The number of rotatable bonds is 3. The molecule has 146 valence electrons. The van der Waals surface area contributed by atoms with Crippen LogP contribution < -0.4 is 9.47 Å². The van der Waals surface area contributed by atoms with E-state index in [1.165, 1.54) is 5.56 Å². The second-order valence-electron chi connectivity index (χ2n) is 7.60. The van der Waals surface area contributed by atoms with Gasteiger partial charge >= 0.3 is 0 Å². The molecule has 1 aliphatic heterocycles. The first-order valence-corrected chi connectivity index (χ1v) is 9.82. The fraction of sp³-hybridized carbons (Fsp3) is 0.333. The van der Waals surface area contributed by atoms with E-state index in [4.69, 9.17) is 9.47 Å². The van der Waals surface area contributed by atoms with Gasteiger partial charge in [0.05, 0.1) is 19.7 Å². The molecule has 0 N–H and O–H groups in total. The van der Waals surface area contributed by atoms with Gasteiger partial charge in [0.15, 0.2) is 17.2 Å². The Morgan fingerprint density at radius 2 is 1.79 bits per heavy atom. The Balaban J connectivity index is 1.71. The first kappa shape index (κ1) is 18.8. The Bertz CT molecular complexity index is 1070. The molecule has 0 fully saturated rings. The van der Waals surface area contributed by atoms with E-state index in [1.54, 1.807) is 18.7 Å². The van der Waals surface area contributed by atoms with E-state index in [9.17, 15) is 4.79 Å². The van der Waals surface area contributed by atoms with E-state index in [-0.39, 0.29) is 11.4 Å². The maximum Gasteiger partial charge on any atom is 0.275 e. The second kappa shape index (κ2) is 6.81.